The second-order valence-corrected chi connectivity index (χ2v) is 5.42. The van der Waals surface area contributed by atoms with Gasteiger partial charge in [0.15, 0.2) is 0 Å². The monoisotopic (exact) mass is 277 g/mol. The van der Waals surface area contributed by atoms with Crippen molar-refractivity contribution in [2.45, 2.75) is 26.0 Å². The highest BCUT2D eigenvalue weighted by atomic mass is 16.3. The molecule has 0 bridgehead atoms. The zero-order chi connectivity index (χ0) is 14.3. The van der Waals surface area contributed by atoms with Gasteiger partial charge in [-0.25, -0.2) is 4.98 Å². The molecule has 7 heteroatoms. The number of aromatic nitrogens is 3. The molecule has 3 rings (SSSR count). The fourth-order valence-electron chi connectivity index (χ4n) is 2.92. The predicted molar refractivity (Wildman–Crippen MR) is 76.2 cm³/mol. The molecule has 0 radical (unpaired) electrons. The number of fused-ring (bicyclic) bond motifs is 1. The van der Waals surface area contributed by atoms with Crippen LogP contribution in [0.5, 0.6) is 0 Å². The Kier molecular flexibility index (Phi) is 3.23. The standard InChI is InChI=1S/C13H19N5O2/c1-2-7-4-18(6-9(7)19)5-8-3-15-11-10(8)16-13(14)17-12(11)20/h3,7,9,15,19H,2,4-6H2,1H3,(H3,14,16,17,20). The number of nitrogens with zero attached hydrogens (tertiary/aromatic N) is 2. The molecule has 2 unspecified atom stereocenters. The van der Waals surface area contributed by atoms with Gasteiger partial charge in [-0.3, -0.25) is 14.7 Å². The molecule has 2 aromatic rings. The van der Waals surface area contributed by atoms with E-state index in [-0.39, 0.29) is 17.6 Å². The number of hydrogen-bond acceptors (Lipinski definition) is 5. The third-order valence-electron chi connectivity index (χ3n) is 4.03. The molecule has 0 spiro atoms. The number of nitrogens with one attached hydrogen (secondary N) is 2. The lowest BCUT2D eigenvalue weighted by Crippen LogP contribution is -2.21. The summed E-state index contributed by atoms with van der Waals surface area (Å²) >= 11 is 0. The molecular weight excluding hydrogens is 258 g/mol. The third kappa shape index (κ3) is 2.19. The average Bonchev–Trinajstić information content (AvgIpc) is 2.94. The molecule has 2 atom stereocenters. The van der Waals surface area contributed by atoms with E-state index in [1.165, 1.54) is 0 Å². The maximum atomic E-state index is 11.7. The van der Waals surface area contributed by atoms with Crippen molar-refractivity contribution in [3.63, 3.8) is 0 Å². The van der Waals surface area contributed by atoms with Gasteiger partial charge in [-0.15, -0.1) is 0 Å². The van der Waals surface area contributed by atoms with Gasteiger partial charge in [-0.2, -0.15) is 0 Å². The first-order valence-corrected chi connectivity index (χ1v) is 6.84. The Labute approximate surface area is 115 Å². The third-order valence-corrected chi connectivity index (χ3v) is 4.03. The Morgan fingerprint density at radius 2 is 2.35 bits per heavy atom. The van der Waals surface area contributed by atoms with E-state index in [2.05, 4.69) is 26.8 Å². The van der Waals surface area contributed by atoms with Crippen molar-refractivity contribution in [3.05, 3.63) is 22.1 Å². The number of H-pyrrole nitrogens is 2. The highest BCUT2D eigenvalue weighted by Gasteiger charge is 2.30. The lowest BCUT2D eigenvalue weighted by molar-refractivity contribution is 0.139. The average molecular weight is 277 g/mol. The first kappa shape index (κ1) is 13.1. The fraction of sp³-hybridized carbons (Fsp3) is 0.538. The summed E-state index contributed by atoms with van der Waals surface area (Å²) in [5, 5.41) is 9.95. The number of β-amino-alcohol motifs (C(OH)–C–C–N with tert-alkyl or cyclic N) is 1. The lowest BCUT2D eigenvalue weighted by Gasteiger charge is -2.14. The van der Waals surface area contributed by atoms with Gasteiger partial charge < -0.3 is 15.8 Å². The van der Waals surface area contributed by atoms with E-state index in [4.69, 9.17) is 5.73 Å². The van der Waals surface area contributed by atoms with Gasteiger partial charge in [0.25, 0.3) is 5.56 Å². The second-order valence-electron chi connectivity index (χ2n) is 5.42. The van der Waals surface area contributed by atoms with Crippen molar-refractivity contribution in [1.29, 1.82) is 0 Å². The van der Waals surface area contributed by atoms with Crippen LogP contribution in [0.3, 0.4) is 0 Å². The van der Waals surface area contributed by atoms with E-state index in [1.54, 1.807) is 6.20 Å². The normalized spacial score (nSPS) is 23.7. The highest BCUT2D eigenvalue weighted by Crippen LogP contribution is 2.23. The maximum absolute atomic E-state index is 11.7. The lowest BCUT2D eigenvalue weighted by atomic mass is 10.0. The summed E-state index contributed by atoms with van der Waals surface area (Å²) in [5.41, 5.74) is 7.32. The quantitative estimate of drug-likeness (QED) is 0.633. The van der Waals surface area contributed by atoms with Crippen LogP contribution in [0.15, 0.2) is 11.0 Å². The smallest absolute Gasteiger partial charge is 0.276 e. The number of hydrogen-bond donors (Lipinski definition) is 4. The van der Waals surface area contributed by atoms with Gasteiger partial charge in [-0.05, 0) is 12.3 Å². The van der Waals surface area contributed by atoms with Crippen LogP contribution in [0, 0.1) is 5.92 Å². The molecule has 2 aromatic heterocycles. The fourth-order valence-corrected chi connectivity index (χ4v) is 2.92. The number of aliphatic hydroxyl groups excluding tert-OH is 1. The molecule has 20 heavy (non-hydrogen) atoms. The summed E-state index contributed by atoms with van der Waals surface area (Å²) in [7, 11) is 0. The van der Waals surface area contributed by atoms with E-state index in [9.17, 15) is 9.90 Å². The summed E-state index contributed by atoms with van der Waals surface area (Å²) in [4.78, 5) is 23.5. The van der Waals surface area contributed by atoms with Crippen molar-refractivity contribution >= 4 is 17.0 Å². The van der Waals surface area contributed by atoms with Crippen LogP contribution in [-0.4, -0.2) is 44.2 Å². The van der Waals surface area contributed by atoms with Crippen LogP contribution in [0.4, 0.5) is 5.95 Å². The summed E-state index contributed by atoms with van der Waals surface area (Å²) in [5.74, 6) is 0.442. The summed E-state index contributed by atoms with van der Waals surface area (Å²) in [6.45, 7) is 4.27. The van der Waals surface area contributed by atoms with Gasteiger partial charge in [0.1, 0.15) is 11.0 Å². The molecule has 1 aliphatic heterocycles. The van der Waals surface area contributed by atoms with Crippen LogP contribution in [0.25, 0.3) is 11.0 Å². The highest BCUT2D eigenvalue weighted by molar-refractivity contribution is 5.78. The van der Waals surface area contributed by atoms with Gasteiger partial charge in [0, 0.05) is 31.4 Å². The first-order valence-electron chi connectivity index (χ1n) is 6.84. The first-order chi connectivity index (χ1) is 9.58. The molecule has 7 nitrogen and oxygen atoms in total. The molecule has 0 aliphatic carbocycles. The van der Waals surface area contributed by atoms with Crippen LogP contribution >= 0.6 is 0 Å². The molecule has 5 N–H and O–H groups in total. The number of anilines is 1. The van der Waals surface area contributed by atoms with Gasteiger partial charge >= 0.3 is 0 Å². The molecular formula is C13H19N5O2. The van der Waals surface area contributed by atoms with E-state index >= 15 is 0 Å². The zero-order valence-corrected chi connectivity index (χ0v) is 11.4. The number of rotatable bonds is 3. The topological polar surface area (TPSA) is 111 Å². The zero-order valence-electron chi connectivity index (χ0n) is 11.4. The Morgan fingerprint density at radius 3 is 3.05 bits per heavy atom. The minimum Gasteiger partial charge on any atom is -0.391 e. The molecule has 0 amide bonds. The molecule has 0 saturated carbocycles. The largest absolute Gasteiger partial charge is 0.391 e. The van der Waals surface area contributed by atoms with Crippen LogP contribution in [0.2, 0.25) is 0 Å². The van der Waals surface area contributed by atoms with Gasteiger partial charge in [0.2, 0.25) is 5.95 Å². The van der Waals surface area contributed by atoms with Gasteiger partial charge in [0.05, 0.1) is 6.10 Å². The van der Waals surface area contributed by atoms with Crippen molar-refractivity contribution in [2.24, 2.45) is 5.92 Å². The Bertz CT molecular complexity index is 677. The number of likely N-dealkylation sites (tertiary alicyclic amines) is 1. The number of aliphatic hydroxyl groups is 1. The van der Waals surface area contributed by atoms with Gasteiger partial charge in [-0.1, -0.05) is 6.92 Å². The molecule has 108 valence electrons. The van der Waals surface area contributed by atoms with Crippen molar-refractivity contribution in [3.8, 4) is 0 Å². The summed E-state index contributed by atoms with van der Waals surface area (Å²) < 4.78 is 0. The molecule has 0 aromatic carbocycles. The second kappa shape index (κ2) is 4.92. The van der Waals surface area contributed by atoms with Crippen molar-refractivity contribution < 1.29 is 5.11 Å². The summed E-state index contributed by atoms with van der Waals surface area (Å²) in [6.07, 6.45) is 2.49. The minimum absolute atomic E-state index is 0.122. The SMILES string of the molecule is CCC1CN(Cc2c[nH]c3c(=O)[nH]c(N)nc23)CC1O. The Balaban J connectivity index is 1.87. The van der Waals surface area contributed by atoms with E-state index in [1.807, 2.05) is 0 Å². The minimum atomic E-state index is -0.272. The van der Waals surface area contributed by atoms with Crippen LogP contribution < -0.4 is 11.3 Å². The summed E-state index contributed by atoms with van der Waals surface area (Å²) in [6, 6.07) is 0. The Morgan fingerprint density at radius 1 is 1.55 bits per heavy atom. The molecule has 1 fully saturated rings. The maximum Gasteiger partial charge on any atom is 0.276 e. The number of nitrogens with two attached hydrogens (primary N) is 1. The van der Waals surface area contributed by atoms with Crippen molar-refractivity contribution in [1.82, 2.24) is 19.9 Å². The van der Waals surface area contributed by atoms with Crippen LogP contribution in [0.1, 0.15) is 18.9 Å². The number of aromatic amines is 2. The number of nitrogen functional groups attached to an aromatic ring is 1. The van der Waals surface area contributed by atoms with E-state index in [0.29, 0.717) is 30.0 Å². The molecule has 3 heterocycles. The van der Waals surface area contributed by atoms with Crippen LogP contribution in [-0.2, 0) is 6.54 Å². The van der Waals surface area contributed by atoms with E-state index < -0.39 is 0 Å². The molecule has 1 aliphatic rings. The van der Waals surface area contributed by atoms with E-state index in [0.717, 1.165) is 18.5 Å². The molecule has 1 saturated heterocycles. The predicted octanol–water partition coefficient (Wildman–Crippen LogP) is 0.0361. The van der Waals surface area contributed by atoms with Crippen molar-refractivity contribution in [2.75, 3.05) is 18.8 Å². The Hall–Kier alpha value is -1.86.